The van der Waals surface area contributed by atoms with Crippen LogP contribution in [0, 0.1) is 6.92 Å². The molecule has 17 heavy (non-hydrogen) atoms. The summed E-state index contributed by atoms with van der Waals surface area (Å²) < 4.78 is 0. The molecular weight excluding hydrogens is 236 g/mol. The summed E-state index contributed by atoms with van der Waals surface area (Å²) in [5, 5.41) is 3.54. The Morgan fingerprint density at radius 2 is 2.29 bits per heavy atom. The molecule has 2 rings (SSSR count). The number of fused-ring (bicyclic) bond motifs is 1. The van der Waals surface area contributed by atoms with E-state index in [9.17, 15) is 4.79 Å². The Balaban J connectivity index is 2.41. The fourth-order valence-electron chi connectivity index (χ4n) is 1.52. The van der Waals surface area contributed by atoms with Crippen molar-refractivity contribution in [1.29, 1.82) is 0 Å². The molecule has 0 spiro atoms. The molecule has 2 aromatic rings. The van der Waals surface area contributed by atoms with Crippen molar-refractivity contribution in [3.05, 3.63) is 22.7 Å². The first-order valence-corrected chi connectivity index (χ1v) is 6.09. The molecule has 0 radical (unpaired) electrons. The van der Waals surface area contributed by atoms with E-state index < -0.39 is 0 Å². The normalized spacial score (nSPS) is 10.7. The molecule has 0 aromatic carbocycles. The summed E-state index contributed by atoms with van der Waals surface area (Å²) in [6.45, 7) is 2.76. The van der Waals surface area contributed by atoms with Gasteiger partial charge < -0.3 is 16.8 Å². The lowest BCUT2D eigenvalue weighted by molar-refractivity contribution is 0.0959. The number of aryl methyl sites for hydroxylation is 1. The van der Waals surface area contributed by atoms with Crippen LogP contribution in [0.3, 0.4) is 0 Å². The molecule has 0 saturated heterocycles. The lowest BCUT2D eigenvalue weighted by Crippen LogP contribution is -2.28. The van der Waals surface area contributed by atoms with Gasteiger partial charge in [0.15, 0.2) is 0 Å². The average Bonchev–Trinajstić information content (AvgIpc) is 2.63. The second-order valence-electron chi connectivity index (χ2n) is 3.69. The molecule has 0 fully saturated rings. The van der Waals surface area contributed by atoms with Gasteiger partial charge in [0.25, 0.3) is 5.91 Å². The number of hydrogen-bond donors (Lipinski definition) is 3. The Hall–Kier alpha value is -1.66. The molecule has 0 atom stereocenters. The van der Waals surface area contributed by atoms with Crippen LogP contribution in [0.15, 0.2) is 12.1 Å². The zero-order valence-corrected chi connectivity index (χ0v) is 10.3. The van der Waals surface area contributed by atoms with Crippen molar-refractivity contribution in [2.24, 2.45) is 5.73 Å². The van der Waals surface area contributed by atoms with E-state index >= 15 is 0 Å². The Morgan fingerprint density at radius 1 is 1.53 bits per heavy atom. The number of nitrogen functional groups attached to an aromatic ring is 1. The lowest BCUT2D eigenvalue weighted by Gasteiger charge is -2.01. The van der Waals surface area contributed by atoms with Crippen molar-refractivity contribution in [2.75, 3.05) is 18.8 Å². The molecule has 0 aliphatic heterocycles. The van der Waals surface area contributed by atoms with Crippen LogP contribution in [-0.2, 0) is 0 Å². The number of carbonyl (C=O) groups is 1. The summed E-state index contributed by atoms with van der Waals surface area (Å²) in [4.78, 5) is 17.5. The van der Waals surface area contributed by atoms with E-state index in [1.54, 1.807) is 0 Å². The highest BCUT2D eigenvalue weighted by Gasteiger charge is 2.16. The number of carbonyl (C=O) groups excluding carboxylic acids is 1. The van der Waals surface area contributed by atoms with Gasteiger partial charge >= 0.3 is 0 Å². The Labute approximate surface area is 103 Å². The average molecular weight is 250 g/mol. The van der Waals surface area contributed by atoms with Gasteiger partial charge in [0.2, 0.25) is 0 Å². The lowest BCUT2D eigenvalue weighted by atomic mass is 10.2. The van der Waals surface area contributed by atoms with Gasteiger partial charge in [-0.05, 0) is 19.1 Å². The van der Waals surface area contributed by atoms with Gasteiger partial charge in [-0.15, -0.1) is 11.3 Å². The van der Waals surface area contributed by atoms with Crippen molar-refractivity contribution < 1.29 is 4.79 Å². The predicted octanol–water partition coefficient (Wildman–Crippen LogP) is 0.875. The molecule has 5 nitrogen and oxygen atoms in total. The summed E-state index contributed by atoms with van der Waals surface area (Å²) in [6.07, 6.45) is 0. The van der Waals surface area contributed by atoms with E-state index in [0.717, 1.165) is 15.9 Å². The molecule has 1 amide bonds. The van der Waals surface area contributed by atoms with Gasteiger partial charge in [0.05, 0.1) is 5.69 Å². The number of thiophene rings is 1. The maximum atomic E-state index is 11.8. The molecule has 0 saturated carbocycles. The first kappa shape index (κ1) is 11.8. The van der Waals surface area contributed by atoms with Gasteiger partial charge in [-0.1, -0.05) is 0 Å². The van der Waals surface area contributed by atoms with E-state index in [2.05, 4.69) is 10.3 Å². The zero-order chi connectivity index (χ0) is 12.4. The highest BCUT2D eigenvalue weighted by molar-refractivity contribution is 7.21. The highest BCUT2D eigenvalue weighted by Crippen LogP contribution is 2.32. The first-order valence-electron chi connectivity index (χ1n) is 5.27. The number of anilines is 1. The Bertz CT molecular complexity index is 564. The third-order valence-corrected chi connectivity index (χ3v) is 3.48. The molecule has 0 bridgehead atoms. The number of aromatic nitrogens is 1. The fourth-order valence-corrected chi connectivity index (χ4v) is 2.58. The van der Waals surface area contributed by atoms with Crippen LogP contribution in [0.1, 0.15) is 15.4 Å². The molecule has 2 aromatic heterocycles. The zero-order valence-electron chi connectivity index (χ0n) is 9.49. The van der Waals surface area contributed by atoms with Crippen LogP contribution in [0.5, 0.6) is 0 Å². The fraction of sp³-hybridized carbons (Fsp3) is 0.273. The van der Waals surface area contributed by atoms with Crippen molar-refractivity contribution in [1.82, 2.24) is 10.3 Å². The molecule has 2 heterocycles. The van der Waals surface area contributed by atoms with Crippen molar-refractivity contribution >= 4 is 33.1 Å². The molecular formula is C11H14N4OS. The van der Waals surface area contributed by atoms with Crippen LogP contribution in [0.4, 0.5) is 5.69 Å². The molecule has 6 heteroatoms. The molecule has 5 N–H and O–H groups in total. The summed E-state index contributed by atoms with van der Waals surface area (Å²) in [5.74, 6) is -0.186. The smallest absolute Gasteiger partial charge is 0.263 e. The predicted molar refractivity (Wildman–Crippen MR) is 70.2 cm³/mol. The summed E-state index contributed by atoms with van der Waals surface area (Å²) >= 11 is 1.31. The monoisotopic (exact) mass is 250 g/mol. The van der Waals surface area contributed by atoms with Gasteiger partial charge in [-0.25, -0.2) is 4.98 Å². The third kappa shape index (κ3) is 2.22. The molecule has 0 unspecified atom stereocenters. The van der Waals surface area contributed by atoms with Gasteiger partial charge in [0.1, 0.15) is 9.71 Å². The first-order chi connectivity index (χ1) is 8.13. The summed E-state index contributed by atoms with van der Waals surface area (Å²) in [7, 11) is 0. The minimum absolute atomic E-state index is 0.186. The minimum Gasteiger partial charge on any atom is -0.397 e. The van der Waals surface area contributed by atoms with E-state index in [1.807, 2.05) is 19.1 Å². The number of hydrogen-bond acceptors (Lipinski definition) is 5. The second-order valence-corrected chi connectivity index (χ2v) is 4.69. The Morgan fingerprint density at radius 3 is 3.00 bits per heavy atom. The van der Waals surface area contributed by atoms with Crippen LogP contribution < -0.4 is 16.8 Å². The maximum Gasteiger partial charge on any atom is 0.263 e. The number of rotatable bonds is 3. The van der Waals surface area contributed by atoms with Crippen LogP contribution in [-0.4, -0.2) is 24.0 Å². The quantitative estimate of drug-likeness (QED) is 0.753. The Kier molecular flexibility index (Phi) is 3.26. The SMILES string of the molecule is Cc1ccc2c(N)c(C(=O)NCCN)sc2n1. The number of nitrogens with one attached hydrogen (secondary N) is 1. The highest BCUT2D eigenvalue weighted by atomic mass is 32.1. The van der Waals surface area contributed by atoms with Crippen LogP contribution in [0.25, 0.3) is 10.2 Å². The van der Waals surface area contributed by atoms with E-state index in [1.165, 1.54) is 11.3 Å². The third-order valence-electron chi connectivity index (χ3n) is 2.37. The van der Waals surface area contributed by atoms with Crippen LogP contribution >= 0.6 is 11.3 Å². The van der Waals surface area contributed by atoms with Crippen molar-refractivity contribution in [3.63, 3.8) is 0 Å². The van der Waals surface area contributed by atoms with Gasteiger partial charge in [0, 0.05) is 24.2 Å². The number of nitrogens with zero attached hydrogens (tertiary/aromatic N) is 1. The van der Waals surface area contributed by atoms with E-state index in [-0.39, 0.29) is 5.91 Å². The molecule has 0 aliphatic carbocycles. The number of nitrogens with two attached hydrogens (primary N) is 2. The van der Waals surface area contributed by atoms with E-state index in [4.69, 9.17) is 11.5 Å². The maximum absolute atomic E-state index is 11.8. The minimum atomic E-state index is -0.186. The van der Waals surface area contributed by atoms with Crippen molar-refractivity contribution in [2.45, 2.75) is 6.92 Å². The standard InChI is InChI=1S/C11H14N4OS/c1-6-2-3-7-8(13)9(17-11(7)15-6)10(16)14-5-4-12/h2-3H,4-5,12-13H2,1H3,(H,14,16). The van der Waals surface area contributed by atoms with Gasteiger partial charge in [-0.2, -0.15) is 0 Å². The largest absolute Gasteiger partial charge is 0.397 e. The number of amides is 1. The molecule has 0 aliphatic rings. The summed E-state index contributed by atoms with van der Waals surface area (Å²) in [6, 6.07) is 3.77. The summed E-state index contributed by atoms with van der Waals surface area (Å²) in [5.41, 5.74) is 12.7. The molecule has 90 valence electrons. The van der Waals surface area contributed by atoms with Crippen LogP contribution in [0.2, 0.25) is 0 Å². The van der Waals surface area contributed by atoms with Crippen molar-refractivity contribution in [3.8, 4) is 0 Å². The van der Waals surface area contributed by atoms with E-state index in [0.29, 0.717) is 23.7 Å². The number of pyridine rings is 1. The second kappa shape index (κ2) is 4.68. The topological polar surface area (TPSA) is 94.0 Å². The van der Waals surface area contributed by atoms with Gasteiger partial charge in [-0.3, -0.25) is 4.79 Å².